The van der Waals surface area contributed by atoms with Crippen LogP contribution < -0.4 is 0 Å². The highest BCUT2D eigenvalue weighted by Gasteiger charge is 2.18. The van der Waals surface area contributed by atoms with Crippen molar-refractivity contribution in [3.8, 4) is 0 Å². The summed E-state index contributed by atoms with van der Waals surface area (Å²) in [6, 6.07) is 7.63. The Morgan fingerprint density at radius 3 is 2.83 bits per heavy atom. The number of ether oxygens (including phenoxy) is 1. The normalized spacial score (nSPS) is 11.3. The minimum Gasteiger partial charge on any atom is -0.463 e. The van der Waals surface area contributed by atoms with Crippen LogP contribution in [0.3, 0.4) is 0 Å². The Morgan fingerprint density at radius 1 is 1.33 bits per heavy atom. The van der Waals surface area contributed by atoms with Gasteiger partial charge < -0.3 is 13.7 Å². The molecule has 0 aliphatic heterocycles. The van der Waals surface area contributed by atoms with Crippen LogP contribution in [-0.2, 0) is 11.8 Å². The molecule has 0 radical (unpaired) electrons. The van der Waals surface area contributed by atoms with E-state index in [0.29, 0.717) is 5.58 Å². The van der Waals surface area contributed by atoms with Crippen LogP contribution in [0.2, 0.25) is 0 Å². The molecule has 0 amide bonds. The molecular formula is C13H10BrNO3. The smallest absolute Gasteiger partial charge is 0.374 e. The Morgan fingerprint density at radius 2 is 2.11 bits per heavy atom. The Labute approximate surface area is 111 Å². The van der Waals surface area contributed by atoms with E-state index < -0.39 is 5.97 Å². The van der Waals surface area contributed by atoms with Crippen LogP contribution >= 0.6 is 15.9 Å². The topological polar surface area (TPSA) is 44.4 Å². The predicted molar refractivity (Wildman–Crippen MR) is 71.7 cm³/mol. The van der Waals surface area contributed by atoms with Crippen LogP contribution in [0.1, 0.15) is 10.6 Å². The molecule has 0 aliphatic carbocycles. The zero-order valence-electron chi connectivity index (χ0n) is 9.86. The monoisotopic (exact) mass is 307 g/mol. The number of carbonyl (C=O) groups is 1. The second-order valence-electron chi connectivity index (χ2n) is 4.04. The fourth-order valence-electron chi connectivity index (χ4n) is 2.13. The number of aromatic nitrogens is 1. The number of esters is 1. The second-order valence-corrected chi connectivity index (χ2v) is 4.95. The van der Waals surface area contributed by atoms with Gasteiger partial charge in [-0.1, -0.05) is 15.9 Å². The molecule has 0 aliphatic rings. The summed E-state index contributed by atoms with van der Waals surface area (Å²) in [5.41, 5.74) is 2.64. The number of aryl methyl sites for hydroxylation is 1. The summed E-state index contributed by atoms with van der Waals surface area (Å²) >= 11 is 3.44. The number of nitrogens with zero attached hydrogens (tertiary/aromatic N) is 1. The lowest BCUT2D eigenvalue weighted by Crippen LogP contribution is -1.98. The third kappa shape index (κ3) is 1.47. The molecule has 0 saturated carbocycles. The van der Waals surface area contributed by atoms with Crippen LogP contribution in [0, 0.1) is 0 Å². The number of benzene rings is 1. The molecular weight excluding hydrogens is 298 g/mol. The Bertz CT molecular complexity index is 769. The molecule has 5 heteroatoms. The number of furan rings is 1. The van der Waals surface area contributed by atoms with E-state index in [-0.39, 0.29) is 5.76 Å². The summed E-state index contributed by atoms with van der Waals surface area (Å²) in [5, 5.41) is 0.978. The molecule has 0 spiro atoms. The number of hydrogen-bond donors (Lipinski definition) is 0. The summed E-state index contributed by atoms with van der Waals surface area (Å²) in [6.45, 7) is 0. The van der Waals surface area contributed by atoms with Crippen LogP contribution in [0.15, 0.2) is 33.2 Å². The van der Waals surface area contributed by atoms with Crippen molar-refractivity contribution >= 4 is 43.9 Å². The summed E-state index contributed by atoms with van der Waals surface area (Å²) in [6.07, 6.45) is 0. The first-order valence-electron chi connectivity index (χ1n) is 5.37. The lowest BCUT2D eigenvalue weighted by Gasteiger charge is -1.97. The van der Waals surface area contributed by atoms with E-state index in [1.54, 1.807) is 6.07 Å². The SMILES string of the molecule is COC(=O)c1cc2c(o1)c1ccc(Br)cc1n2C. The van der Waals surface area contributed by atoms with E-state index in [9.17, 15) is 4.79 Å². The first-order chi connectivity index (χ1) is 8.61. The molecule has 3 aromatic rings. The zero-order valence-corrected chi connectivity index (χ0v) is 11.4. The lowest BCUT2D eigenvalue weighted by atomic mass is 10.2. The van der Waals surface area contributed by atoms with Crippen LogP contribution in [0.25, 0.3) is 22.0 Å². The number of carbonyl (C=O) groups excluding carboxylic acids is 1. The van der Waals surface area contributed by atoms with Crippen LogP contribution in [-0.4, -0.2) is 17.6 Å². The summed E-state index contributed by atoms with van der Waals surface area (Å²) in [7, 11) is 3.28. The van der Waals surface area contributed by atoms with Gasteiger partial charge in [0, 0.05) is 23.0 Å². The summed E-state index contributed by atoms with van der Waals surface area (Å²) in [5.74, 6) is -0.237. The highest BCUT2D eigenvalue weighted by Crippen LogP contribution is 2.32. The lowest BCUT2D eigenvalue weighted by molar-refractivity contribution is 0.0568. The van der Waals surface area contributed by atoms with E-state index in [1.807, 2.05) is 29.8 Å². The van der Waals surface area contributed by atoms with Crippen molar-refractivity contribution in [2.24, 2.45) is 7.05 Å². The first kappa shape index (κ1) is 11.3. The van der Waals surface area contributed by atoms with Gasteiger partial charge in [0.05, 0.1) is 18.1 Å². The molecule has 4 nitrogen and oxygen atoms in total. The highest BCUT2D eigenvalue weighted by molar-refractivity contribution is 9.10. The van der Waals surface area contributed by atoms with E-state index >= 15 is 0 Å². The maximum Gasteiger partial charge on any atom is 0.374 e. The molecule has 2 heterocycles. The average molecular weight is 308 g/mol. The number of hydrogen-bond acceptors (Lipinski definition) is 3. The molecule has 0 N–H and O–H groups in total. The fraction of sp³-hybridized carbons (Fsp3) is 0.154. The van der Waals surface area contributed by atoms with Gasteiger partial charge in [0.15, 0.2) is 5.58 Å². The van der Waals surface area contributed by atoms with Gasteiger partial charge in [0.25, 0.3) is 0 Å². The quantitative estimate of drug-likeness (QED) is 0.647. The van der Waals surface area contributed by atoms with Gasteiger partial charge in [-0.05, 0) is 18.2 Å². The summed E-state index contributed by atoms with van der Waals surface area (Å²) in [4.78, 5) is 11.4. The van der Waals surface area contributed by atoms with Crippen LogP contribution in [0.5, 0.6) is 0 Å². The van der Waals surface area contributed by atoms with Gasteiger partial charge in [-0.3, -0.25) is 0 Å². The molecule has 92 valence electrons. The van der Waals surface area contributed by atoms with Gasteiger partial charge in [0.1, 0.15) is 0 Å². The van der Waals surface area contributed by atoms with Gasteiger partial charge in [-0.2, -0.15) is 0 Å². The van der Waals surface area contributed by atoms with E-state index in [0.717, 1.165) is 20.9 Å². The van der Waals surface area contributed by atoms with Crippen molar-refractivity contribution in [2.45, 2.75) is 0 Å². The Hall–Kier alpha value is -1.75. The predicted octanol–water partition coefficient (Wildman–Crippen LogP) is 3.47. The maximum atomic E-state index is 11.4. The minimum atomic E-state index is -0.462. The highest BCUT2D eigenvalue weighted by atomic mass is 79.9. The van der Waals surface area contributed by atoms with Crippen molar-refractivity contribution in [3.63, 3.8) is 0 Å². The minimum absolute atomic E-state index is 0.225. The van der Waals surface area contributed by atoms with Crippen molar-refractivity contribution in [1.29, 1.82) is 0 Å². The molecule has 0 unspecified atom stereocenters. The zero-order chi connectivity index (χ0) is 12.9. The standard InChI is InChI=1S/C13H10BrNO3/c1-15-9-5-7(14)3-4-8(9)12-10(15)6-11(18-12)13(16)17-2/h3-6H,1-2H3. The van der Waals surface area contributed by atoms with E-state index in [1.165, 1.54) is 7.11 Å². The molecule has 1 aromatic carbocycles. The van der Waals surface area contributed by atoms with E-state index in [4.69, 9.17) is 4.42 Å². The van der Waals surface area contributed by atoms with Crippen LogP contribution in [0.4, 0.5) is 0 Å². The van der Waals surface area contributed by atoms with Crippen molar-refractivity contribution in [3.05, 3.63) is 34.5 Å². The molecule has 3 rings (SSSR count). The molecule has 18 heavy (non-hydrogen) atoms. The second kappa shape index (κ2) is 3.88. The number of methoxy groups -OCH3 is 1. The third-order valence-electron chi connectivity index (χ3n) is 3.03. The van der Waals surface area contributed by atoms with Crippen molar-refractivity contribution < 1.29 is 13.9 Å². The van der Waals surface area contributed by atoms with Gasteiger partial charge in [-0.15, -0.1) is 0 Å². The van der Waals surface area contributed by atoms with Gasteiger partial charge in [-0.25, -0.2) is 4.79 Å². The molecule has 0 atom stereocenters. The number of rotatable bonds is 1. The average Bonchev–Trinajstić information content (AvgIpc) is 2.90. The Balaban J connectivity index is 2.36. The fourth-order valence-corrected chi connectivity index (χ4v) is 2.48. The number of halogens is 1. The molecule has 0 saturated heterocycles. The van der Waals surface area contributed by atoms with Gasteiger partial charge >= 0.3 is 5.97 Å². The maximum absolute atomic E-state index is 11.4. The number of fused-ring (bicyclic) bond motifs is 3. The van der Waals surface area contributed by atoms with E-state index in [2.05, 4.69) is 20.7 Å². The molecule has 0 fully saturated rings. The largest absolute Gasteiger partial charge is 0.463 e. The molecule has 2 aromatic heterocycles. The van der Waals surface area contributed by atoms with Crippen molar-refractivity contribution in [2.75, 3.05) is 7.11 Å². The van der Waals surface area contributed by atoms with Gasteiger partial charge in [0.2, 0.25) is 5.76 Å². The molecule has 0 bridgehead atoms. The summed E-state index contributed by atoms with van der Waals surface area (Å²) < 4.78 is 13.2. The van der Waals surface area contributed by atoms with Crippen molar-refractivity contribution in [1.82, 2.24) is 4.57 Å². The first-order valence-corrected chi connectivity index (χ1v) is 6.17. The third-order valence-corrected chi connectivity index (χ3v) is 3.52. The Kier molecular flexibility index (Phi) is 2.45.